The molecule has 0 radical (unpaired) electrons. The van der Waals surface area contributed by atoms with Crippen molar-refractivity contribution < 1.29 is 67.9 Å². The van der Waals surface area contributed by atoms with Crippen molar-refractivity contribution >= 4 is 33.7 Å². The van der Waals surface area contributed by atoms with Gasteiger partial charge in [-0.15, -0.1) is 0 Å². The van der Waals surface area contributed by atoms with Crippen molar-refractivity contribution in [3.05, 3.63) is 92.1 Å². The molecular formula is C32H32F2O14S. The van der Waals surface area contributed by atoms with Gasteiger partial charge in [-0.2, -0.15) is 0 Å². The fraction of sp³-hybridized carbons (Fsp3) is 0.438. The average Bonchev–Trinajstić information content (AvgIpc) is 3.06. The normalized spacial score (nSPS) is 33.7. The maximum absolute atomic E-state index is 13.9. The molecule has 2 aliphatic rings. The van der Waals surface area contributed by atoms with Crippen LogP contribution in [0.2, 0.25) is 0 Å². The molecule has 2 fully saturated rings. The highest BCUT2D eigenvalue weighted by molar-refractivity contribution is 8.00. The first-order valence-electron chi connectivity index (χ1n) is 15.0. The molecular weight excluding hydrogens is 678 g/mol. The van der Waals surface area contributed by atoms with Gasteiger partial charge in [0.15, 0.2) is 0 Å². The Morgan fingerprint density at radius 2 is 1.02 bits per heavy atom. The minimum Gasteiger partial charge on any atom is -0.423 e. The van der Waals surface area contributed by atoms with Crippen LogP contribution < -0.4 is 11.3 Å². The minimum absolute atomic E-state index is 0.0297. The Morgan fingerprint density at radius 3 is 1.39 bits per heavy atom. The first kappa shape index (κ1) is 35.5. The molecule has 2 saturated heterocycles. The number of fused-ring (bicyclic) bond motifs is 2. The predicted octanol–water partition coefficient (Wildman–Crippen LogP) is -0.964. The van der Waals surface area contributed by atoms with E-state index in [4.69, 9.17) is 18.3 Å². The summed E-state index contributed by atoms with van der Waals surface area (Å²) in [6.07, 6.45) is -13.0. The van der Waals surface area contributed by atoms with Gasteiger partial charge in [-0.05, 0) is 48.5 Å². The summed E-state index contributed by atoms with van der Waals surface area (Å²) < 4.78 is 49.4. The minimum atomic E-state index is -2.63. The molecule has 2 aromatic carbocycles. The Bertz CT molecular complexity index is 1830. The summed E-state index contributed by atoms with van der Waals surface area (Å²) >= 11 is 0.432. The molecule has 17 heteroatoms. The molecule has 264 valence electrons. The molecule has 4 heterocycles. The molecule has 2 aromatic heterocycles. The molecule has 49 heavy (non-hydrogen) atoms. The van der Waals surface area contributed by atoms with Gasteiger partial charge in [0, 0.05) is 34.7 Å². The third-order valence-electron chi connectivity index (χ3n) is 8.99. The Balaban J connectivity index is 1.30. The second-order valence-corrected chi connectivity index (χ2v) is 13.4. The number of hydrogen-bond acceptors (Lipinski definition) is 15. The van der Waals surface area contributed by atoms with Crippen molar-refractivity contribution in [2.75, 3.05) is 13.2 Å². The summed E-state index contributed by atoms with van der Waals surface area (Å²) in [5, 5.41) is 88.3. The van der Waals surface area contributed by atoms with E-state index in [1.165, 1.54) is 24.3 Å². The molecule has 0 saturated carbocycles. The number of thioether (sulfide) groups is 1. The average molecular weight is 711 g/mol. The highest BCUT2D eigenvalue weighted by atomic mass is 32.2. The molecule has 0 unspecified atom stereocenters. The maximum Gasteiger partial charge on any atom is 0.339 e. The van der Waals surface area contributed by atoms with Gasteiger partial charge < -0.3 is 59.2 Å². The lowest BCUT2D eigenvalue weighted by molar-refractivity contribution is -0.263. The lowest BCUT2D eigenvalue weighted by atomic mass is 9.80. The van der Waals surface area contributed by atoms with Crippen molar-refractivity contribution in [3.8, 4) is 0 Å². The monoisotopic (exact) mass is 710 g/mol. The van der Waals surface area contributed by atoms with Gasteiger partial charge in [-0.3, -0.25) is 0 Å². The van der Waals surface area contributed by atoms with Gasteiger partial charge in [0.25, 0.3) is 0 Å². The smallest absolute Gasteiger partial charge is 0.339 e. The van der Waals surface area contributed by atoms with Gasteiger partial charge in [-0.1, -0.05) is 11.8 Å². The van der Waals surface area contributed by atoms with E-state index in [-0.39, 0.29) is 33.1 Å². The van der Waals surface area contributed by atoms with Crippen LogP contribution in [0.1, 0.15) is 11.1 Å². The quantitative estimate of drug-likeness (QED) is 0.103. The zero-order valence-electron chi connectivity index (χ0n) is 25.3. The van der Waals surface area contributed by atoms with Crippen molar-refractivity contribution in [3.63, 3.8) is 0 Å². The second kappa shape index (κ2) is 13.4. The van der Waals surface area contributed by atoms with E-state index in [1.807, 2.05) is 0 Å². The van der Waals surface area contributed by atoms with E-state index in [1.54, 1.807) is 0 Å². The molecule has 0 spiro atoms. The van der Waals surface area contributed by atoms with Crippen LogP contribution in [0, 0.1) is 11.6 Å². The zero-order valence-corrected chi connectivity index (χ0v) is 26.1. The number of hydrogen-bond donors (Lipinski definition) is 8. The molecule has 6 rings (SSSR count). The van der Waals surface area contributed by atoms with Crippen LogP contribution in [-0.4, -0.2) is 113 Å². The Labute approximate surface area is 278 Å². The third kappa shape index (κ3) is 6.41. The fourth-order valence-corrected chi connectivity index (χ4v) is 7.73. The van der Waals surface area contributed by atoms with Crippen molar-refractivity contribution in [1.29, 1.82) is 0 Å². The zero-order chi connectivity index (χ0) is 35.4. The third-order valence-corrected chi connectivity index (χ3v) is 10.3. The van der Waals surface area contributed by atoms with E-state index in [9.17, 15) is 59.2 Å². The number of aliphatic hydroxyl groups is 8. The number of halogens is 2. The molecule has 0 bridgehead atoms. The highest BCUT2D eigenvalue weighted by Gasteiger charge is 2.59. The fourth-order valence-electron chi connectivity index (χ4n) is 6.29. The number of benzene rings is 2. The molecule has 8 N–H and O–H groups in total. The van der Waals surface area contributed by atoms with Gasteiger partial charge in [0.1, 0.15) is 81.5 Å². The topological polar surface area (TPSA) is 241 Å². The number of rotatable bonds is 8. The number of ether oxygens (including phenoxy) is 2. The molecule has 4 aromatic rings. The van der Waals surface area contributed by atoms with Crippen LogP contribution in [0.15, 0.2) is 67.0 Å². The van der Waals surface area contributed by atoms with Gasteiger partial charge in [0.05, 0.1) is 13.2 Å². The Kier molecular flexibility index (Phi) is 9.72. The highest BCUT2D eigenvalue weighted by Crippen LogP contribution is 2.43. The lowest BCUT2D eigenvalue weighted by Gasteiger charge is -2.51. The summed E-state index contributed by atoms with van der Waals surface area (Å²) in [6.45, 7) is -1.81. The van der Waals surface area contributed by atoms with Crippen LogP contribution in [0.3, 0.4) is 0 Å². The summed E-state index contributed by atoms with van der Waals surface area (Å²) in [5.41, 5.74) is -11.1. The number of aliphatic hydroxyl groups excluding tert-OH is 6. The van der Waals surface area contributed by atoms with E-state index in [0.29, 0.717) is 11.8 Å². The summed E-state index contributed by atoms with van der Waals surface area (Å²) in [6, 6.07) is 9.10. The van der Waals surface area contributed by atoms with Crippen LogP contribution in [0.4, 0.5) is 8.78 Å². The Hall–Kier alpha value is -3.33. The van der Waals surface area contributed by atoms with Crippen LogP contribution in [0.25, 0.3) is 21.9 Å². The van der Waals surface area contributed by atoms with Crippen molar-refractivity contribution in [2.45, 2.75) is 71.5 Å². The van der Waals surface area contributed by atoms with Crippen LogP contribution in [-0.2, 0) is 22.3 Å². The van der Waals surface area contributed by atoms with E-state index >= 15 is 0 Å². The van der Waals surface area contributed by atoms with Crippen LogP contribution in [0.5, 0.6) is 0 Å². The first-order valence-corrected chi connectivity index (χ1v) is 15.9. The second-order valence-electron chi connectivity index (χ2n) is 12.2. The molecule has 2 aliphatic heterocycles. The summed E-state index contributed by atoms with van der Waals surface area (Å²) in [7, 11) is 0. The summed E-state index contributed by atoms with van der Waals surface area (Å²) in [5.74, 6) is -1.30. The largest absolute Gasteiger partial charge is 0.423 e. The van der Waals surface area contributed by atoms with Gasteiger partial charge >= 0.3 is 11.3 Å². The Morgan fingerprint density at radius 1 is 0.633 bits per heavy atom. The summed E-state index contributed by atoms with van der Waals surface area (Å²) in [4.78, 5) is 25.6. The van der Waals surface area contributed by atoms with E-state index < -0.39 is 108 Å². The molecule has 0 amide bonds. The van der Waals surface area contributed by atoms with E-state index in [2.05, 4.69) is 0 Å². The maximum atomic E-state index is 13.9. The predicted molar refractivity (Wildman–Crippen MR) is 165 cm³/mol. The molecule has 10 atom stereocenters. The lowest BCUT2D eigenvalue weighted by Crippen LogP contribution is -2.70. The SMILES string of the molecule is O=c1oc2ccc(F)cc2cc1C[C@]1(O)[C@@H](O)[C@@H](CO)O[C@@H](S[C@@H]2O[C@H](CO)[C@H](O)[C@@](O)(Cc3cc4cc(F)ccc4oc3=O)[C@H]2O)[C@@H]1O. The molecule has 14 nitrogen and oxygen atoms in total. The van der Waals surface area contributed by atoms with E-state index in [0.717, 1.165) is 24.3 Å². The standard InChI is InChI=1S/C32H32F2O14S/c33-17-1-3-19-13(7-17)5-15(27(41)45-19)9-31(43)23(37)21(11-35)47-29(25(31)39)49-30-26(40)32(44,24(38)22(12-36)48-30)10-16-6-14-8-18(34)2-4-20(14)46-28(16)42/h1-8,21-26,29-30,35-40,43-44H,9-12H2/t21-,22-,23+,24+,25+,26+,29+,30+,31+,32+/m1/s1. The first-order chi connectivity index (χ1) is 23.2. The van der Waals surface area contributed by atoms with Gasteiger partial charge in [-0.25, -0.2) is 18.4 Å². The van der Waals surface area contributed by atoms with Crippen molar-refractivity contribution in [2.24, 2.45) is 0 Å². The van der Waals surface area contributed by atoms with Crippen LogP contribution >= 0.6 is 11.8 Å². The van der Waals surface area contributed by atoms with Crippen molar-refractivity contribution in [1.82, 2.24) is 0 Å². The van der Waals surface area contributed by atoms with Gasteiger partial charge in [0.2, 0.25) is 0 Å². The molecule has 0 aliphatic carbocycles.